The minimum Gasteiger partial charge on any atom is -0.343 e. The van der Waals surface area contributed by atoms with Gasteiger partial charge in [-0.2, -0.15) is 4.58 Å². The molecular weight excluding hydrogens is 400 g/mol. The molecule has 0 bridgehead atoms. The van der Waals surface area contributed by atoms with E-state index in [1.807, 2.05) is 6.07 Å². The number of benzene rings is 2. The number of allylic oxidation sites excluding steroid dienone is 4. The fourth-order valence-corrected chi connectivity index (χ4v) is 5.18. The zero-order chi connectivity index (χ0) is 23.3. The molecule has 0 saturated carbocycles. The summed E-state index contributed by atoms with van der Waals surface area (Å²) in [5.41, 5.74) is 12.4. The number of nitro benzene ring substituents is 1. The Kier molecular flexibility index (Phi) is 5.29. The molecule has 0 radical (unpaired) electrons. The largest absolute Gasteiger partial charge is 0.343 e. The van der Waals surface area contributed by atoms with Gasteiger partial charge < -0.3 is 10.6 Å². The number of anilines is 1. The minimum atomic E-state index is -0.369. The van der Waals surface area contributed by atoms with E-state index in [9.17, 15) is 10.1 Å². The zero-order valence-corrected chi connectivity index (χ0v) is 19.4. The fraction of sp³-hybridized carbons (Fsp3) is 0.346. The van der Waals surface area contributed by atoms with Gasteiger partial charge >= 0.3 is 0 Å². The number of hydrogen-bond donors (Lipinski definition) is 1. The Morgan fingerprint density at radius 2 is 1.81 bits per heavy atom. The van der Waals surface area contributed by atoms with Gasteiger partial charge in [0.15, 0.2) is 5.71 Å². The summed E-state index contributed by atoms with van der Waals surface area (Å²) in [6, 6.07) is 13.6. The molecule has 0 aliphatic carbocycles. The standard InChI is InChI=1S/C26H31N4O2/c1-25(2)19-9-6-7-10-21(19)28(5)23(25)11-8-12-24-26(3,4)20-17-18(30(31)32)13-14-22(20)29(24)16-15-27/h6-14,17H,15-16,27H2,1-5H3/q+1. The molecule has 4 rings (SSSR count). The first-order valence-corrected chi connectivity index (χ1v) is 11.0. The van der Waals surface area contributed by atoms with Gasteiger partial charge in [0.25, 0.3) is 5.69 Å². The summed E-state index contributed by atoms with van der Waals surface area (Å²) in [5.74, 6) is 0. The Bertz CT molecular complexity index is 1190. The van der Waals surface area contributed by atoms with Crippen LogP contribution in [0.25, 0.3) is 0 Å². The Morgan fingerprint density at radius 1 is 1.09 bits per heavy atom. The first-order valence-electron chi connectivity index (χ1n) is 11.0. The molecule has 2 aliphatic heterocycles. The molecule has 0 spiro atoms. The average Bonchev–Trinajstić information content (AvgIpc) is 3.08. The van der Waals surface area contributed by atoms with E-state index >= 15 is 0 Å². The second kappa shape index (κ2) is 7.71. The molecule has 6 nitrogen and oxygen atoms in total. The van der Waals surface area contributed by atoms with E-state index in [2.05, 4.69) is 86.7 Å². The van der Waals surface area contributed by atoms with E-state index in [1.54, 1.807) is 12.1 Å². The second-order valence-electron chi connectivity index (χ2n) is 9.52. The first kappa shape index (κ1) is 22.0. The molecule has 6 heteroatoms. The summed E-state index contributed by atoms with van der Waals surface area (Å²) in [6.07, 6.45) is 6.40. The van der Waals surface area contributed by atoms with Gasteiger partial charge in [-0.25, -0.2) is 0 Å². The zero-order valence-electron chi connectivity index (χ0n) is 19.4. The van der Waals surface area contributed by atoms with E-state index < -0.39 is 0 Å². The van der Waals surface area contributed by atoms with Gasteiger partial charge in [-0.15, -0.1) is 0 Å². The van der Waals surface area contributed by atoms with Crippen molar-refractivity contribution in [2.45, 2.75) is 38.5 Å². The molecule has 2 aromatic rings. The van der Waals surface area contributed by atoms with Crippen LogP contribution in [0.15, 0.2) is 66.4 Å². The van der Waals surface area contributed by atoms with E-state index in [4.69, 9.17) is 5.73 Å². The van der Waals surface area contributed by atoms with Crippen LogP contribution in [0.5, 0.6) is 0 Å². The quantitative estimate of drug-likeness (QED) is 0.419. The minimum absolute atomic E-state index is 0.0912. The van der Waals surface area contributed by atoms with Crippen molar-refractivity contribution < 1.29 is 9.50 Å². The highest BCUT2D eigenvalue weighted by atomic mass is 16.6. The molecule has 0 fully saturated rings. The van der Waals surface area contributed by atoms with Crippen molar-refractivity contribution in [3.05, 3.63) is 87.6 Å². The number of non-ortho nitro benzene ring substituents is 1. The van der Waals surface area contributed by atoms with Crippen LogP contribution in [-0.2, 0) is 10.8 Å². The predicted molar refractivity (Wildman–Crippen MR) is 130 cm³/mol. The van der Waals surface area contributed by atoms with Crippen molar-refractivity contribution in [2.24, 2.45) is 5.73 Å². The summed E-state index contributed by atoms with van der Waals surface area (Å²) in [6.45, 7) is 9.87. The van der Waals surface area contributed by atoms with Gasteiger partial charge in [0, 0.05) is 59.7 Å². The highest BCUT2D eigenvalue weighted by molar-refractivity contribution is 6.03. The molecule has 166 valence electrons. The van der Waals surface area contributed by atoms with Crippen LogP contribution >= 0.6 is 0 Å². The number of para-hydroxylation sites is 1. The smallest absolute Gasteiger partial charge is 0.269 e. The molecule has 0 amide bonds. The van der Waals surface area contributed by atoms with Gasteiger partial charge in [-0.3, -0.25) is 10.1 Å². The molecule has 32 heavy (non-hydrogen) atoms. The number of hydrogen-bond acceptors (Lipinski definition) is 4. The number of rotatable bonds is 5. The van der Waals surface area contributed by atoms with E-state index in [0.29, 0.717) is 13.1 Å². The van der Waals surface area contributed by atoms with Crippen molar-refractivity contribution in [1.82, 2.24) is 0 Å². The second-order valence-corrected chi connectivity index (χ2v) is 9.52. The maximum Gasteiger partial charge on any atom is 0.269 e. The maximum absolute atomic E-state index is 11.3. The number of nitro groups is 1. The van der Waals surface area contributed by atoms with Crippen LogP contribution in [0.1, 0.15) is 38.8 Å². The Hall–Kier alpha value is -3.25. The number of fused-ring (bicyclic) bond motifs is 2. The third-order valence-corrected chi connectivity index (χ3v) is 6.89. The Balaban J connectivity index is 1.74. The van der Waals surface area contributed by atoms with E-state index in [0.717, 1.165) is 16.9 Å². The lowest BCUT2D eigenvalue weighted by molar-refractivity contribution is -0.401. The lowest BCUT2D eigenvalue weighted by atomic mass is 9.81. The highest BCUT2D eigenvalue weighted by Crippen LogP contribution is 2.48. The topological polar surface area (TPSA) is 75.4 Å². The normalized spacial score (nSPS) is 19.7. The van der Waals surface area contributed by atoms with Crippen molar-refractivity contribution in [3.63, 3.8) is 0 Å². The maximum atomic E-state index is 11.3. The van der Waals surface area contributed by atoms with Crippen LogP contribution in [-0.4, -0.2) is 35.3 Å². The molecule has 2 aliphatic rings. The summed E-state index contributed by atoms with van der Waals surface area (Å²) < 4.78 is 2.25. The molecule has 2 aromatic carbocycles. The third-order valence-electron chi connectivity index (χ3n) is 6.89. The van der Waals surface area contributed by atoms with E-state index in [1.165, 1.54) is 17.0 Å². The SMILES string of the molecule is C[N+]1=C(C=CC=C2N(CCN)c3ccc([N+](=O)[O-])cc3C2(C)C)C(C)(C)c2ccccc21. The highest BCUT2D eigenvalue weighted by Gasteiger charge is 2.43. The van der Waals surface area contributed by atoms with Crippen LogP contribution in [0.2, 0.25) is 0 Å². The molecule has 0 saturated heterocycles. The first-order chi connectivity index (χ1) is 15.1. The van der Waals surface area contributed by atoms with Crippen molar-refractivity contribution >= 4 is 22.8 Å². The van der Waals surface area contributed by atoms with Gasteiger partial charge in [-0.1, -0.05) is 38.1 Å². The fourth-order valence-electron chi connectivity index (χ4n) is 5.18. The van der Waals surface area contributed by atoms with Crippen LogP contribution in [0, 0.1) is 10.1 Å². The van der Waals surface area contributed by atoms with Crippen molar-refractivity contribution in [1.29, 1.82) is 0 Å². The lowest BCUT2D eigenvalue weighted by Crippen LogP contribution is -2.30. The molecule has 2 N–H and O–H groups in total. The molecule has 0 aromatic heterocycles. The number of nitrogens with zero attached hydrogens (tertiary/aromatic N) is 3. The summed E-state index contributed by atoms with van der Waals surface area (Å²) in [7, 11) is 2.11. The molecule has 0 unspecified atom stereocenters. The van der Waals surface area contributed by atoms with Gasteiger partial charge in [0.2, 0.25) is 5.69 Å². The predicted octanol–water partition coefficient (Wildman–Crippen LogP) is 4.80. The molecular formula is C26H31N4O2+. The third kappa shape index (κ3) is 3.26. The monoisotopic (exact) mass is 431 g/mol. The lowest BCUT2D eigenvalue weighted by Gasteiger charge is -2.26. The molecule has 2 heterocycles. The summed E-state index contributed by atoms with van der Waals surface area (Å²) in [4.78, 5) is 13.2. The van der Waals surface area contributed by atoms with Gasteiger partial charge in [0.05, 0.1) is 10.3 Å². The number of nitrogens with two attached hydrogens (primary N) is 1. The van der Waals surface area contributed by atoms with Gasteiger partial charge in [0.1, 0.15) is 7.05 Å². The van der Waals surface area contributed by atoms with Crippen molar-refractivity contribution in [2.75, 3.05) is 25.0 Å². The molecule has 0 atom stereocenters. The van der Waals surface area contributed by atoms with Crippen molar-refractivity contribution in [3.8, 4) is 0 Å². The van der Waals surface area contributed by atoms with Crippen LogP contribution in [0.4, 0.5) is 17.1 Å². The summed E-state index contributed by atoms with van der Waals surface area (Å²) >= 11 is 0. The average molecular weight is 432 g/mol. The Labute approximate surface area is 189 Å². The Morgan fingerprint density at radius 3 is 2.47 bits per heavy atom. The van der Waals surface area contributed by atoms with Gasteiger partial charge in [-0.05, 0) is 31.6 Å². The van der Waals surface area contributed by atoms with E-state index in [-0.39, 0.29) is 21.4 Å². The van der Waals surface area contributed by atoms with Crippen LogP contribution in [0.3, 0.4) is 0 Å². The summed E-state index contributed by atoms with van der Waals surface area (Å²) in [5, 5.41) is 11.3. The van der Waals surface area contributed by atoms with Crippen LogP contribution < -0.4 is 10.6 Å².